The number of fused-ring (bicyclic) bond motifs is 6. The van der Waals surface area contributed by atoms with Crippen molar-refractivity contribution in [2.75, 3.05) is 0 Å². The molecule has 2 N–H and O–H groups in total. The molecule has 5 aromatic carbocycles. The molecule has 2 aliphatic carbocycles. The lowest BCUT2D eigenvalue weighted by Gasteiger charge is -2.19. The highest BCUT2D eigenvalue weighted by Crippen LogP contribution is 2.48. The monoisotopic (exact) mass is 514 g/mol. The molecule has 2 heteroatoms. The Morgan fingerprint density at radius 1 is 0.450 bits per heavy atom. The van der Waals surface area contributed by atoms with Crippen LogP contribution in [-0.2, 0) is 11.2 Å². The quantitative estimate of drug-likeness (QED) is 0.222. The van der Waals surface area contributed by atoms with Gasteiger partial charge in [0.15, 0.2) is 11.2 Å². The number of hydrogen-bond acceptors (Lipinski definition) is 2. The molecule has 0 unspecified atom stereocenters. The molecule has 0 aromatic heterocycles. The minimum Gasteiger partial charge on any atom is -0.369 e. The number of rotatable bonds is 0. The molecular weight excluding hydrogens is 488 g/mol. The van der Waals surface area contributed by atoms with Crippen molar-refractivity contribution in [3.8, 4) is 45.9 Å². The lowest BCUT2D eigenvalue weighted by molar-refractivity contribution is 0.150. The lowest BCUT2D eigenvalue weighted by Crippen LogP contribution is -2.22. The largest absolute Gasteiger partial charge is 0.369 e. The molecule has 0 fully saturated rings. The third kappa shape index (κ3) is 3.48. The van der Waals surface area contributed by atoms with E-state index in [2.05, 4.69) is 29.7 Å². The van der Waals surface area contributed by atoms with Crippen molar-refractivity contribution < 1.29 is 10.2 Å². The molecule has 7 rings (SSSR count). The molecule has 2 nitrogen and oxygen atoms in total. The third-order valence-electron chi connectivity index (χ3n) is 8.18. The first-order valence-electron chi connectivity index (χ1n) is 13.4. The molecule has 2 aliphatic rings. The molecule has 0 amide bonds. The van der Waals surface area contributed by atoms with Gasteiger partial charge in [-0.1, -0.05) is 127 Å². The zero-order valence-corrected chi connectivity index (χ0v) is 22.3. The van der Waals surface area contributed by atoms with E-state index in [1.54, 1.807) is 0 Å². The van der Waals surface area contributed by atoms with Gasteiger partial charge in [0.25, 0.3) is 0 Å². The Morgan fingerprint density at radius 3 is 1.07 bits per heavy atom. The van der Waals surface area contributed by atoms with Gasteiger partial charge in [0.05, 0.1) is 0 Å². The van der Waals surface area contributed by atoms with Gasteiger partial charge in [0.2, 0.25) is 0 Å². The van der Waals surface area contributed by atoms with E-state index < -0.39 is 11.2 Å². The van der Waals surface area contributed by atoms with Crippen LogP contribution in [0.25, 0.3) is 22.3 Å². The molecule has 0 radical (unpaired) electrons. The predicted octanol–water partition coefficient (Wildman–Crippen LogP) is 6.84. The zero-order chi connectivity index (χ0) is 27.5. The van der Waals surface area contributed by atoms with Crippen LogP contribution in [0.1, 0.15) is 44.5 Å². The van der Waals surface area contributed by atoms with Crippen molar-refractivity contribution in [2.45, 2.75) is 25.0 Å². The Hall–Kier alpha value is -4.86. The van der Waals surface area contributed by atoms with Crippen LogP contribution in [0.3, 0.4) is 0 Å². The first-order valence-corrected chi connectivity index (χ1v) is 13.4. The van der Waals surface area contributed by atoms with Gasteiger partial charge in [0.1, 0.15) is 0 Å². The maximum Gasteiger partial charge on any atom is 0.178 e. The van der Waals surface area contributed by atoms with Crippen LogP contribution in [0.5, 0.6) is 0 Å². The fraction of sp³-hybridized carbons (Fsp3) is 0.105. The summed E-state index contributed by atoms with van der Waals surface area (Å²) in [7, 11) is 0. The van der Waals surface area contributed by atoms with Crippen molar-refractivity contribution in [3.63, 3.8) is 0 Å². The molecule has 5 aromatic rings. The first kappa shape index (κ1) is 24.2. The van der Waals surface area contributed by atoms with Gasteiger partial charge in [0, 0.05) is 33.4 Å². The van der Waals surface area contributed by atoms with Crippen LogP contribution < -0.4 is 0 Å². The van der Waals surface area contributed by atoms with Gasteiger partial charge in [-0.25, -0.2) is 0 Å². The summed E-state index contributed by atoms with van der Waals surface area (Å²) in [5.41, 5.74) is 8.04. The zero-order valence-electron chi connectivity index (χ0n) is 22.3. The second-order valence-corrected chi connectivity index (χ2v) is 10.6. The van der Waals surface area contributed by atoms with Crippen LogP contribution in [0.15, 0.2) is 109 Å². The Labute approximate surface area is 234 Å². The lowest BCUT2D eigenvalue weighted by atomic mass is 9.90. The molecule has 0 saturated heterocycles. The van der Waals surface area contributed by atoms with Crippen LogP contribution in [-0.4, -0.2) is 10.2 Å². The minimum atomic E-state index is -1.40. The highest BCUT2D eigenvalue weighted by atomic mass is 16.3. The van der Waals surface area contributed by atoms with E-state index in [-0.39, 0.29) is 0 Å². The minimum absolute atomic E-state index is 0.796. The van der Waals surface area contributed by atoms with Crippen molar-refractivity contribution in [3.05, 3.63) is 154 Å². The highest BCUT2D eigenvalue weighted by Gasteiger charge is 2.41. The Morgan fingerprint density at radius 2 is 0.750 bits per heavy atom. The summed E-state index contributed by atoms with van der Waals surface area (Å²) < 4.78 is 0. The first-order chi connectivity index (χ1) is 19.4. The molecule has 0 saturated carbocycles. The smallest absolute Gasteiger partial charge is 0.178 e. The topological polar surface area (TPSA) is 40.5 Å². The van der Waals surface area contributed by atoms with Gasteiger partial charge in [-0.15, -0.1) is 0 Å². The van der Waals surface area contributed by atoms with Crippen molar-refractivity contribution in [1.29, 1.82) is 0 Å². The van der Waals surface area contributed by atoms with E-state index in [0.29, 0.717) is 0 Å². The van der Waals surface area contributed by atoms with Crippen LogP contribution in [0, 0.1) is 37.5 Å². The second kappa shape index (κ2) is 8.84. The van der Waals surface area contributed by atoms with Crippen molar-refractivity contribution in [1.82, 2.24) is 0 Å². The van der Waals surface area contributed by atoms with Crippen LogP contribution in [0.2, 0.25) is 0 Å². The Bertz CT molecular complexity index is 1740. The van der Waals surface area contributed by atoms with Gasteiger partial charge in [-0.05, 0) is 53.3 Å². The molecule has 0 aliphatic heterocycles. The normalized spacial score (nSPS) is 14.5. The maximum atomic E-state index is 11.9. The van der Waals surface area contributed by atoms with E-state index >= 15 is 0 Å². The molecule has 0 heterocycles. The van der Waals surface area contributed by atoms with Gasteiger partial charge in [-0.2, -0.15) is 0 Å². The van der Waals surface area contributed by atoms with Crippen LogP contribution in [0.4, 0.5) is 0 Å². The molecular formula is C38H26O2. The molecule has 0 spiro atoms. The average molecular weight is 515 g/mol. The number of aryl methyl sites for hydroxylation is 2. The van der Waals surface area contributed by atoms with E-state index in [4.69, 9.17) is 0 Å². The summed E-state index contributed by atoms with van der Waals surface area (Å²) in [6.07, 6.45) is 0. The van der Waals surface area contributed by atoms with Crippen molar-refractivity contribution in [2.24, 2.45) is 0 Å². The SMILES string of the molecule is Cc1cc(C)c(C#CC2(O)c3ccccc3-c3ccccc32)cc1C#CC1(O)c2ccccc2-c2ccccc21. The summed E-state index contributed by atoms with van der Waals surface area (Å²) in [5.74, 6) is 13.0. The molecule has 40 heavy (non-hydrogen) atoms. The predicted molar refractivity (Wildman–Crippen MR) is 159 cm³/mol. The Kier molecular flexibility index (Phi) is 5.35. The highest BCUT2D eigenvalue weighted by molar-refractivity contribution is 5.83. The summed E-state index contributed by atoms with van der Waals surface area (Å²) in [5, 5.41) is 23.8. The fourth-order valence-electron chi connectivity index (χ4n) is 6.13. The summed E-state index contributed by atoms with van der Waals surface area (Å²) in [6, 6.07) is 35.6. The van der Waals surface area contributed by atoms with E-state index in [1.165, 1.54) is 0 Å². The van der Waals surface area contributed by atoms with Crippen molar-refractivity contribution >= 4 is 0 Å². The van der Waals surface area contributed by atoms with E-state index in [0.717, 1.165) is 66.8 Å². The molecule has 0 bridgehead atoms. The second-order valence-electron chi connectivity index (χ2n) is 10.6. The summed E-state index contributed by atoms with van der Waals surface area (Å²) in [4.78, 5) is 0. The van der Waals surface area contributed by atoms with E-state index in [9.17, 15) is 10.2 Å². The van der Waals surface area contributed by atoms with Gasteiger partial charge in [-0.3, -0.25) is 0 Å². The van der Waals surface area contributed by atoms with Gasteiger partial charge < -0.3 is 10.2 Å². The number of benzene rings is 5. The maximum absolute atomic E-state index is 11.9. The van der Waals surface area contributed by atoms with Gasteiger partial charge >= 0.3 is 0 Å². The average Bonchev–Trinajstić information content (AvgIpc) is 3.39. The fourth-order valence-corrected chi connectivity index (χ4v) is 6.13. The summed E-state index contributed by atoms with van der Waals surface area (Å²) >= 11 is 0. The summed E-state index contributed by atoms with van der Waals surface area (Å²) in [6.45, 7) is 4.04. The standard InChI is InChI=1S/C38H26O2/c1-25-23-26(2)28(20-22-38(40)35-17-9-5-13-31(35)32-14-6-10-18-36(32)38)24-27(25)19-21-37(39)33-15-7-3-11-29(33)30-12-4-8-16-34(30)37/h3-18,23-24,39-40H,1-2H3. The van der Waals surface area contributed by atoms with Crippen LogP contribution >= 0.6 is 0 Å². The molecule has 0 atom stereocenters. The number of aliphatic hydroxyl groups is 2. The third-order valence-corrected chi connectivity index (χ3v) is 8.18. The number of hydrogen-bond donors (Lipinski definition) is 2. The molecule has 190 valence electrons. The Balaban J connectivity index is 1.32. The van der Waals surface area contributed by atoms with E-state index in [1.807, 2.05) is 117 Å².